The molecule has 0 spiro atoms. The highest BCUT2D eigenvalue weighted by Gasteiger charge is 2.15. The van der Waals surface area contributed by atoms with Gasteiger partial charge in [-0.05, 0) is 49.2 Å². The molecule has 27 heavy (non-hydrogen) atoms. The number of carbonyl (C=O) groups is 1. The summed E-state index contributed by atoms with van der Waals surface area (Å²) in [5.74, 6) is 0.678. The lowest BCUT2D eigenvalue weighted by atomic mass is 10.2. The van der Waals surface area contributed by atoms with E-state index in [4.69, 9.17) is 16.3 Å². The van der Waals surface area contributed by atoms with Crippen LogP contribution in [0.15, 0.2) is 54.7 Å². The average molecular weight is 384 g/mol. The summed E-state index contributed by atoms with van der Waals surface area (Å²) in [5.41, 5.74) is 3.13. The normalized spacial score (nSPS) is 10.6. The van der Waals surface area contributed by atoms with Crippen LogP contribution in [-0.4, -0.2) is 22.3 Å². The fraction of sp³-hybridized carbons (Fsp3) is 0.238. The van der Waals surface area contributed by atoms with Gasteiger partial charge in [-0.15, -0.1) is 0 Å². The molecule has 0 atom stereocenters. The second-order valence-electron chi connectivity index (χ2n) is 6.21. The molecule has 0 aliphatic carbocycles. The lowest BCUT2D eigenvalue weighted by molar-refractivity contribution is 0.0950. The predicted octanol–water partition coefficient (Wildman–Crippen LogP) is 4.55. The molecule has 0 fully saturated rings. The number of amides is 1. The third kappa shape index (κ3) is 4.68. The zero-order valence-corrected chi connectivity index (χ0v) is 16.2. The smallest absolute Gasteiger partial charge is 0.255 e. The number of nitrogens with one attached hydrogen (secondary N) is 1. The molecule has 1 heterocycles. The zero-order chi connectivity index (χ0) is 19.2. The first kappa shape index (κ1) is 19.0. The number of hydrogen-bond acceptors (Lipinski definition) is 3. The number of carbonyl (C=O) groups excluding carboxylic acids is 1. The molecule has 0 aliphatic heterocycles. The molecule has 140 valence electrons. The minimum absolute atomic E-state index is 0.160. The van der Waals surface area contributed by atoms with Crippen LogP contribution in [0.4, 0.5) is 0 Å². The van der Waals surface area contributed by atoms with Crippen molar-refractivity contribution in [2.45, 2.75) is 26.8 Å². The largest absolute Gasteiger partial charge is 0.494 e. The standard InChI is InChI=1S/C21H22ClN3O2/c1-3-11-27-19-9-7-16(8-10-19)13-23-21(26)20-14-24-25(15(20)2)18-6-4-5-17(22)12-18/h4-10,12,14H,3,11,13H2,1-2H3,(H,23,26). The van der Waals surface area contributed by atoms with Gasteiger partial charge >= 0.3 is 0 Å². The van der Waals surface area contributed by atoms with Gasteiger partial charge in [0.2, 0.25) is 0 Å². The maximum absolute atomic E-state index is 12.5. The van der Waals surface area contributed by atoms with Crippen LogP contribution in [0, 0.1) is 6.92 Å². The van der Waals surface area contributed by atoms with Crippen LogP contribution >= 0.6 is 11.6 Å². The number of benzene rings is 2. The van der Waals surface area contributed by atoms with Gasteiger partial charge in [-0.25, -0.2) is 4.68 Å². The van der Waals surface area contributed by atoms with Gasteiger partial charge in [0.15, 0.2) is 0 Å². The van der Waals surface area contributed by atoms with Crippen LogP contribution < -0.4 is 10.1 Å². The molecule has 1 aromatic heterocycles. The Balaban J connectivity index is 1.65. The number of hydrogen-bond donors (Lipinski definition) is 1. The molecule has 1 N–H and O–H groups in total. The Hall–Kier alpha value is -2.79. The Labute approximate surface area is 163 Å². The summed E-state index contributed by atoms with van der Waals surface area (Å²) >= 11 is 6.04. The molecule has 0 aliphatic rings. The van der Waals surface area contributed by atoms with Gasteiger partial charge < -0.3 is 10.1 Å². The Morgan fingerprint density at radius 1 is 1.22 bits per heavy atom. The first-order valence-electron chi connectivity index (χ1n) is 8.89. The molecule has 5 nitrogen and oxygen atoms in total. The SMILES string of the molecule is CCCOc1ccc(CNC(=O)c2cnn(-c3cccc(Cl)c3)c2C)cc1. The van der Waals surface area contributed by atoms with E-state index in [1.165, 1.54) is 0 Å². The van der Waals surface area contributed by atoms with Crippen molar-refractivity contribution in [3.8, 4) is 11.4 Å². The minimum atomic E-state index is -0.160. The van der Waals surface area contributed by atoms with Crippen molar-refractivity contribution >= 4 is 17.5 Å². The van der Waals surface area contributed by atoms with Gasteiger partial charge in [-0.1, -0.05) is 36.7 Å². The van der Waals surface area contributed by atoms with E-state index in [9.17, 15) is 4.79 Å². The highest BCUT2D eigenvalue weighted by atomic mass is 35.5. The van der Waals surface area contributed by atoms with E-state index >= 15 is 0 Å². The fourth-order valence-electron chi connectivity index (χ4n) is 2.70. The highest BCUT2D eigenvalue weighted by Crippen LogP contribution is 2.18. The van der Waals surface area contributed by atoms with Crippen molar-refractivity contribution in [2.24, 2.45) is 0 Å². The molecule has 0 saturated heterocycles. The lowest BCUT2D eigenvalue weighted by Crippen LogP contribution is -2.23. The highest BCUT2D eigenvalue weighted by molar-refractivity contribution is 6.30. The summed E-state index contributed by atoms with van der Waals surface area (Å²) < 4.78 is 7.28. The van der Waals surface area contributed by atoms with E-state index in [0.29, 0.717) is 23.7 Å². The second kappa shape index (κ2) is 8.73. The third-order valence-electron chi connectivity index (χ3n) is 4.16. The van der Waals surface area contributed by atoms with Gasteiger partial charge in [-0.3, -0.25) is 4.79 Å². The van der Waals surface area contributed by atoms with Gasteiger partial charge in [0.1, 0.15) is 5.75 Å². The van der Waals surface area contributed by atoms with Crippen molar-refractivity contribution in [2.75, 3.05) is 6.61 Å². The Kier molecular flexibility index (Phi) is 6.14. The molecular weight excluding hydrogens is 362 g/mol. The van der Waals surface area contributed by atoms with Gasteiger partial charge in [0, 0.05) is 11.6 Å². The Morgan fingerprint density at radius 3 is 2.70 bits per heavy atom. The fourth-order valence-corrected chi connectivity index (χ4v) is 2.89. The van der Waals surface area contributed by atoms with E-state index in [-0.39, 0.29) is 5.91 Å². The summed E-state index contributed by atoms with van der Waals surface area (Å²) in [5, 5.41) is 7.88. The van der Waals surface area contributed by atoms with Crippen LogP contribution in [0.3, 0.4) is 0 Å². The van der Waals surface area contributed by atoms with Crippen LogP contribution in [-0.2, 0) is 6.54 Å². The van der Waals surface area contributed by atoms with Crippen molar-refractivity contribution in [1.29, 1.82) is 0 Å². The second-order valence-corrected chi connectivity index (χ2v) is 6.65. The van der Waals surface area contributed by atoms with Crippen LogP contribution in [0.25, 0.3) is 5.69 Å². The number of rotatable bonds is 7. The molecule has 0 radical (unpaired) electrons. The lowest BCUT2D eigenvalue weighted by Gasteiger charge is -2.08. The Morgan fingerprint density at radius 2 is 2.00 bits per heavy atom. The quantitative estimate of drug-likeness (QED) is 0.651. The van der Waals surface area contributed by atoms with Crippen LogP contribution in [0.5, 0.6) is 5.75 Å². The maximum Gasteiger partial charge on any atom is 0.255 e. The first-order chi connectivity index (χ1) is 13.1. The van der Waals surface area contributed by atoms with Crippen LogP contribution in [0.2, 0.25) is 5.02 Å². The van der Waals surface area contributed by atoms with E-state index in [1.807, 2.05) is 49.4 Å². The zero-order valence-electron chi connectivity index (χ0n) is 15.4. The molecule has 2 aromatic carbocycles. The van der Waals surface area contributed by atoms with Gasteiger partial charge in [0.05, 0.1) is 29.7 Å². The summed E-state index contributed by atoms with van der Waals surface area (Å²) in [6, 6.07) is 15.1. The molecule has 6 heteroatoms. The van der Waals surface area contributed by atoms with E-state index in [2.05, 4.69) is 17.3 Å². The molecule has 0 saturated carbocycles. The summed E-state index contributed by atoms with van der Waals surface area (Å²) in [7, 11) is 0. The minimum Gasteiger partial charge on any atom is -0.494 e. The summed E-state index contributed by atoms with van der Waals surface area (Å²) in [4.78, 5) is 12.5. The van der Waals surface area contributed by atoms with Crippen molar-refractivity contribution < 1.29 is 9.53 Å². The summed E-state index contributed by atoms with van der Waals surface area (Å²) in [6.45, 7) is 5.07. The van der Waals surface area contributed by atoms with Crippen molar-refractivity contribution in [3.63, 3.8) is 0 Å². The monoisotopic (exact) mass is 383 g/mol. The number of aromatic nitrogens is 2. The van der Waals surface area contributed by atoms with Crippen molar-refractivity contribution in [3.05, 3.63) is 76.6 Å². The van der Waals surface area contributed by atoms with E-state index < -0.39 is 0 Å². The van der Waals surface area contributed by atoms with E-state index in [0.717, 1.165) is 29.1 Å². The first-order valence-corrected chi connectivity index (χ1v) is 9.26. The Bertz CT molecular complexity index is 919. The van der Waals surface area contributed by atoms with E-state index in [1.54, 1.807) is 16.9 Å². The molecule has 0 unspecified atom stereocenters. The average Bonchev–Trinajstić information content (AvgIpc) is 3.07. The van der Waals surface area contributed by atoms with Crippen molar-refractivity contribution in [1.82, 2.24) is 15.1 Å². The number of halogens is 1. The molecular formula is C21H22ClN3O2. The number of nitrogens with zero attached hydrogens (tertiary/aromatic N) is 2. The third-order valence-corrected chi connectivity index (χ3v) is 4.39. The summed E-state index contributed by atoms with van der Waals surface area (Å²) in [6.07, 6.45) is 2.55. The maximum atomic E-state index is 12.5. The number of ether oxygens (including phenoxy) is 1. The molecule has 0 bridgehead atoms. The molecule has 3 rings (SSSR count). The molecule has 1 amide bonds. The molecule has 3 aromatic rings. The topological polar surface area (TPSA) is 56.1 Å². The van der Waals surface area contributed by atoms with Gasteiger partial charge in [0.25, 0.3) is 5.91 Å². The van der Waals surface area contributed by atoms with Crippen LogP contribution in [0.1, 0.15) is 35.0 Å². The predicted molar refractivity (Wildman–Crippen MR) is 107 cm³/mol. The van der Waals surface area contributed by atoms with Gasteiger partial charge in [-0.2, -0.15) is 5.10 Å².